The van der Waals surface area contributed by atoms with Gasteiger partial charge in [0.15, 0.2) is 0 Å². The van der Waals surface area contributed by atoms with Gasteiger partial charge in [-0.05, 0) is 39.7 Å². The lowest BCUT2D eigenvalue weighted by Crippen LogP contribution is -2.31. The van der Waals surface area contributed by atoms with Crippen LogP contribution in [0.25, 0.3) is 0 Å². The molecule has 0 fully saturated rings. The van der Waals surface area contributed by atoms with Crippen LogP contribution < -0.4 is 5.32 Å². The van der Waals surface area contributed by atoms with Gasteiger partial charge in [0.25, 0.3) is 0 Å². The molecule has 0 radical (unpaired) electrons. The molecule has 20 heavy (non-hydrogen) atoms. The lowest BCUT2D eigenvalue weighted by molar-refractivity contribution is -0.117. The number of hydrogen-bond donors (Lipinski definition) is 1. The van der Waals surface area contributed by atoms with Crippen molar-refractivity contribution in [3.05, 3.63) is 16.0 Å². The fourth-order valence-corrected chi connectivity index (χ4v) is 2.99. The molecule has 4 nitrogen and oxygen atoms in total. The molecule has 0 aromatic carbocycles. The number of rotatable bonds is 5. The van der Waals surface area contributed by atoms with Crippen LogP contribution in [0, 0.1) is 6.92 Å². The maximum absolute atomic E-state index is 12.1. The van der Waals surface area contributed by atoms with Gasteiger partial charge in [-0.15, -0.1) is 11.3 Å². The van der Waals surface area contributed by atoms with Crippen molar-refractivity contribution in [2.45, 2.75) is 45.4 Å². The van der Waals surface area contributed by atoms with Gasteiger partial charge in [0.05, 0.1) is 16.5 Å². The number of halogens is 1. The topological polar surface area (TPSA) is 55.4 Å². The number of aryl methyl sites for hydroxylation is 1. The van der Waals surface area contributed by atoms with E-state index in [-0.39, 0.29) is 11.9 Å². The van der Waals surface area contributed by atoms with Crippen LogP contribution in [0.2, 0.25) is 0 Å². The lowest BCUT2D eigenvalue weighted by Gasteiger charge is -2.15. The monoisotopic (exact) mass is 361 g/mol. The first-order valence-electron chi connectivity index (χ1n) is 6.52. The molecule has 1 N–H and O–H groups in total. The summed E-state index contributed by atoms with van der Waals surface area (Å²) in [6.07, 6.45) is 0.726. The van der Waals surface area contributed by atoms with Gasteiger partial charge in [0.2, 0.25) is 5.91 Å². The largest absolute Gasteiger partial charge is 0.462 e. The van der Waals surface area contributed by atoms with E-state index in [0.717, 1.165) is 16.9 Å². The number of thiophene rings is 1. The van der Waals surface area contributed by atoms with Gasteiger partial charge >= 0.3 is 5.97 Å². The van der Waals surface area contributed by atoms with Gasteiger partial charge in [-0.1, -0.05) is 22.9 Å². The van der Waals surface area contributed by atoms with Crippen LogP contribution in [-0.4, -0.2) is 22.8 Å². The fraction of sp³-hybridized carbons (Fsp3) is 0.571. The van der Waals surface area contributed by atoms with Crippen molar-refractivity contribution in [2.24, 2.45) is 0 Å². The molecule has 0 spiro atoms. The molecule has 1 heterocycles. The second-order valence-corrected chi connectivity index (χ2v) is 8.05. The summed E-state index contributed by atoms with van der Waals surface area (Å²) in [5.74, 6) is -0.566. The third kappa shape index (κ3) is 3.82. The van der Waals surface area contributed by atoms with Crippen molar-refractivity contribution in [3.8, 4) is 0 Å². The lowest BCUT2D eigenvalue weighted by atomic mass is 10.1. The van der Waals surface area contributed by atoms with E-state index in [2.05, 4.69) is 21.2 Å². The summed E-state index contributed by atoms with van der Waals surface area (Å²) in [7, 11) is 0. The van der Waals surface area contributed by atoms with E-state index in [1.54, 1.807) is 20.8 Å². The van der Waals surface area contributed by atoms with Crippen LogP contribution in [0.3, 0.4) is 0 Å². The average Bonchev–Trinajstić information content (AvgIpc) is 2.64. The zero-order valence-corrected chi connectivity index (χ0v) is 14.8. The number of anilines is 1. The SMILES string of the molecule is CCOC(=O)c1c(NC(=O)C(C)(C)Br)sc(C)c1CC. The Morgan fingerprint density at radius 1 is 1.35 bits per heavy atom. The smallest absolute Gasteiger partial charge is 0.341 e. The molecule has 1 rings (SSSR count). The first kappa shape index (κ1) is 17.2. The number of ether oxygens (including phenoxy) is 1. The minimum atomic E-state index is -0.691. The molecule has 6 heteroatoms. The third-order valence-electron chi connectivity index (χ3n) is 2.81. The summed E-state index contributed by atoms with van der Waals surface area (Å²) in [4.78, 5) is 25.2. The maximum Gasteiger partial charge on any atom is 0.341 e. The first-order valence-corrected chi connectivity index (χ1v) is 8.13. The van der Waals surface area contributed by atoms with Gasteiger partial charge in [-0.3, -0.25) is 4.79 Å². The summed E-state index contributed by atoms with van der Waals surface area (Å²) in [5.41, 5.74) is 1.43. The molecule has 112 valence electrons. The molecule has 0 aliphatic heterocycles. The Morgan fingerprint density at radius 3 is 2.40 bits per heavy atom. The number of carbonyl (C=O) groups excluding carboxylic acids is 2. The van der Waals surface area contributed by atoms with E-state index in [1.165, 1.54) is 11.3 Å². The van der Waals surface area contributed by atoms with Crippen molar-refractivity contribution in [1.29, 1.82) is 0 Å². The van der Waals surface area contributed by atoms with Gasteiger partial charge in [-0.25, -0.2) is 4.79 Å². The fourth-order valence-electron chi connectivity index (χ4n) is 1.76. The summed E-state index contributed by atoms with van der Waals surface area (Å²) in [6.45, 7) is 9.52. The molecule has 1 aromatic rings. The van der Waals surface area contributed by atoms with Crippen molar-refractivity contribution < 1.29 is 14.3 Å². The van der Waals surface area contributed by atoms with Crippen molar-refractivity contribution in [2.75, 3.05) is 11.9 Å². The zero-order valence-electron chi connectivity index (χ0n) is 12.4. The highest BCUT2D eigenvalue weighted by Gasteiger charge is 2.28. The number of alkyl halides is 1. The average molecular weight is 362 g/mol. The molecular formula is C14H20BrNO3S. The van der Waals surface area contributed by atoms with Crippen LogP contribution in [0.15, 0.2) is 0 Å². The maximum atomic E-state index is 12.1. The first-order chi connectivity index (χ1) is 9.22. The number of esters is 1. The Balaban J connectivity index is 3.19. The van der Waals surface area contributed by atoms with Crippen molar-refractivity contribution >= 4 is 44.1 Å². The second-order valence-electron chi connectivity index (χ2n) is 4.84. The van der Waals surface area contributed by atoms with Gasteiger partial charge in [0, 0.05) is 4.88 Å². The van der Waals surface area contributed by atoms with Gasteiger partial charge in [-0.2, -0.15) is 0 Å². The Morgan fingerprint density at radius 2 is 1.95 bits per heavy atom. The van der Waals surface area contributed by atoms with E-state index in [9.17, 15) is 9.59 Å². The molecule has 0 bridgehead atoms. The standard InChI is InChI=1S/C14H20BrNO3S/c1-6-9-8(3)20-11(10(9)12(17)19-7-2)16-13(18)14(4,5)15/h6-7H2,1-5H3,(H,16,18). The van der Waals surface area contributed by atoms with E-state index < -0.39 is 4.32 Å². The Hall–Kier alpha value is -0.880. The number of nitrogens with one attached hydrogen (secondary N) is 1. The predicted octanol–water partition coefficient (Wildman–Crippen LogP) is 3.91. The predicted molar refractivity (Wildman–Crippen MR) is 86.0 cm³/mol. The molecule has 0 aliphatic carbocycles. The van der Waals surface area contributed by atoms with Crippen molar-refractivity contribution in [3.63, 3.8) is 0 Å². The van der Waals surface area contributed by atoms with Crippen LogP contribution >= 0.6 is 27.3 Å². The second kappa shape index (κ2) is 6.72. The summed E-state index contributed by atoms with van der Waals surface area (Å²) in [6, 6.07) is 0. The van der Waals surface area contributed by atoms with Crippen molar-refractivity contribution in [1.82, 2.24) is 0 Å². The Kier molecular flexibility index (Phi) is 5.77. The molecular weight excluding hydrogens is 342 g/mol. The molecule has 0 unspecified atom stereocenters. The number of amides is 1. The van der Waals surface area contributed by atoms with Gasteiger partial charge in [0.1, 0.15) is 5.00 Å². The quantitative estimate of drug-likeness (QED) is 0.638. The summed E-state index contributed by atoms with van der Waals surface area (Å²) < 4.78 is 4.41. The highest BCUT2D eigenvalue weighted by atomic mass is 79.9. The molecule has 1 amide bonds. The molecule has 0 saturated carbocycles. The number of hydrogen-bond acceptors (Lipinski definition) is 4. The van der Waals surface area contributed by atoms with E-state index in [0.29, 0.717) is 17.2 Å². The molecule has 1 aromatic heterocycles. The third-order valence-corrected chi connectivity index (χ3v) is 4.23. The summed E-state index contributed by atoms with van der Waals surface area (Å²) in [5, 5.41) is 3.38. The Bertz CT molecular complexity index is 517. The van der Waals surface area contributed by atoms with E-state index >= 15 is 0 Å². The van der Waals surface area contributed by atoms with Crippen LogP contribution in [0.5, 0.6) is 0 Å². The minimum Gasteiger partial charge on any atom is -0.462 e. The van der Waals surface area contributed by atoms with E-state index in [4.69, 9.17) is 4.74 Å². The van der Waals surface area contributed by atoms with Gasteiger partial charge < -0.3 is 10.1 Å². The van der Waals surface area contributed by atoms with Crippen LogP contribution in [-0.2, 0) is 16.0 Å². The molecule has 0 atom stereocenters. The highest BCUT2D eigenvalue weighted by molar-refractivity contribution is 9.10. The number of carbonyl (C=O) groups is 2. The minimum absolute atomic E-state index is 0.188. The zero-order chi connectivity index (χ0) is 15.5. The normalized spacial score (nSPS) is 11.3. The van der Waals surface area contributed by atoms with Crippen LogP contribution in [0.1, 0.15) is 48.5 Å². The van der Waals surface area contributed by atoms with Crippen LogP contribution in [0.4, 0.5) is 5.00 Å². The molecule has 0 saturated heterocycles. The highest BCUT2D eigenvalue weighted by Crippen LogP contribution is 2.35. The molecule has 0 aliphatic rings. The summed E-state index contributed by atoms with van der Waals surface area (Å²) >= 11 is 4.72. The van der Waals surface area contributed by atoms with E-state index in [1.807, 2.05) is 13.8 Å². The Labute approximate surface area is 132 Å².